The summed E-state index contributed by atoms with van der Waals surface area (Å²) < 4.78 is 10.1. The highest BCUT2D eigenvalue weighted by Gasteiger charge is 2.27. The molecular formula is C12H18N2O3S. The molecule has 1 fully saturated rings. The second kappa shape index (κ2) is 5.67. The molecule has 0 aromatic carbocycles. The maximum Gasteiger partial charge on any atom is 0.357 e. The second-order valence-electron chi connectivity index (χ2n) is 4.43. The zero-order valence-electron chi connectivity index (χ0n) is 10.9. The Bertz CT molecular complexity index is 421. The van der Waals surface area contributed by atoms with Crippen molar-refractivity contribution in [2.24, 2.45) is 0 Å². The van der Waals surface area contributed by atoms with Gasteiger partial charge in [0.2, 0.25) is 0 Å². The SMILES string of the molecule is COC(=O)c1csc(N2CCC(OC)CC2C)n1. The van der Waals surface area contributed by atoms with Crippen molar-refractivity contribution in [2.45, 2.75) is 31.9 Å². The van der Waals surface area contributed by atoms with Gasteiger partial charge in [-0.25, -0.2) is 9.78 Å². The third-order valence-electron chi connectivity index (χ3n) is 3.29. The molecule has 5 nitrogen and oxygen atoms in total. The molecule has 6 heteroatoms. The first-order valence-electron chi connectivity index (χ1n) is 5.99. The van der Waals surface area contributed by atoms with Crippen LogP contribution in [0.1, 0.15) is 30.3 Å². The first-order chi connectivity index (χ1) is 8.65. The van der Waals surface area contributed by atoms with Crippen LogP contribution in [-0.2, 0) is 9.47 Å². The number of nitrogens with zero attached hydrogens (tertiary/aromatic N) is 2. The van der Waals surface area contributed by atoms with Gasteiger partial charge in [0.05, 0.1) is 13.2 Å². The van der Waals surface area contributed by atoms with E-state index in [0.29, 0.717) is 17.8 Å². The molecule has 1 saturated heterocycles. The van der Waals surface area contributed by atoms with E-state index >= 15 is 0 Å². The number of carbonyl (C=O) groups is 1. The van der Waals surface area contributed by atoms with E-state index < -0.39 is 0 Å². The quantitative estimate of drug-likeness (QED) is 0.786. The number of methoxy groups -OCH3 is 2. The van der Waals surface area contributed by atoms with Crippen molar-refractivity contribution < 1.29 is 14.3 Å². The lowest BCUT2D eigenvalue weighted by molar-refractivity contribution is 0.0594. The first-order valence-corrected chi connectivity index (χ1v) is 6.87. The fourth-order valence-electron chi connectivity index (χ4n) is 2.22. The zero-order valence-corrected chi connectivity index (χ0v) is 11.7. The third kappa shape index (κ3) is 2.64. The molecular weight excluding hydrogens is 252 g/mol. The summed E-state index contributed by atoms with van der Waals surface area (Å²) in [5.74, 6) is -0.378. The van der Waals surface area contributed by atoms with Crippen molar-refractivity contribution in [1.29, 1.82) is 0 Å². The number of hydrogen-bond acceptors (Lipinski definition) is 6. The molecule has 0 aliphatic carbocycles. The highest BCUT2D eigenvalue weighted by atomic mass is 32.1. The Hall–Kier alpha value is -1.14. The molecule has 2 atom stereocenters. The highest BCUT2D eigenvalue weighted by Crippen LogP contribution is 2.28. The van der Waals surface area contributed by atoms with Crippen LogP contribution in [0.25, 0.3) is 0 Å². The fourth-order valence-corrected chi connectivity index (χ4v) is 3.15. The van der Waals surface area contributed by atoms with Crippen LogP contribution >= 0.6 is 11.3 Å². The number of rotatable bonds is 3. The van der Waals surface area contributed by atoms with Crippen LogP contribution in [-0.4, -0.2) is 43.9 Å². The lowest BCUT2D eigenvalue weighted by Gasteiger charge is -2.36. The minimum atomic E-state index is -0.378. The molecule has 1 aromatic heterocycles. The largest absolute Gasteiger partial charge is 0.464 e. The van der Waals surface area contributed by atoms with Crippen LogP contribution in [0.4, 0.5) is 5.13 Å². The number of hydrogen-bond donors (Lipinski definition) is 0. The summed E-state index contributed by atoms with van der Waals surface area (Å²) in [5, 5.41) is 2.63. The summed E-state index contributed by atoms with van der Waals surface area (Å²) in [7, 11) is 3.12. The smallest absolute Gasteiger partial charge is 0.357 e. The van der Waals surface area contributed by atoms with Crippen LogP contribution in [0, 0.1) is 0 Å². The molecule has 0 N–H and O–H groups in total. The maximum absolute atomic E-state index is 11.4. The molecule has 18 heavy (non-hydrogen) atoms. The molecule has 1 aliphatic rings. The van der Waals surface area contributed by atoms with E-state index in [2.05, 4.69) is 21.5 Å². The van der Waals surface area contributed by atoms with Crippen LogP contribution in [0.2, 0.25) is 0 Å². The Labute approximate surface area is 111 Å². The molecule has 1 aromatic rings. The van der Waals surface area contributed by atoms with Gasteiger partial charge >= 0.3 is 5.97 Å². The van der Waals surface area contributed by atoms with E-state index in [0.717, 1.165) is 24.5 Å². The van der Waals surface area contributed by atoms with Crippen molar-refractivity contribution in [2.75, 3.05) is 25.7 Å². The van der Waals surface area contributed by atoms with Gasteiger partial charge in [0.25, 0.3) is 0 Å². The average molecular weight is 270 g/mol. The van der Waals surface area contributed by atoms with Crippen LogP contribution in [0.5, 0.6) is 0 Å². The van der Waals surface area contributed by atoms with Crippen molar-refractivity contribution >= 4 is 22.4 Å². The van der Waals surface area contributed by atoms with E-state index in [-0.39, 0.29) is 5.97 Å². The monoisotopic (exact) mass is 270 g/mol. The number of ether oxygens (including phenoxy) is 2. The molecule has 2 unspecified atom stereocenters. The van der Waals surface area contributed by atoms with Gasteiger partial charge in [-0.15, -0.1) is 11.3 Å². The Balaban J connectivity index is 2.08. The summed E-state index contributed by atoms with van der Waals surface area (Å²) in [4.78, 5) is 17.9. The molecule has 2 rings (SSSR count). The topological polar surface area (TPSA) is 51.7 Å². The second-order valence-corrected chi connectivity index (χ2v) is 5.27. The molecule has 100 valence electrons. The van der Waals surface area contributed by atoms with Crippen LogP contribution in [0.15, 0.2) is 5.38 Å². The molecule has 2 heterocycles. The van der Waals surface area contributed by atoms with Gasteiger partial charge in [0.15, 0.2) is 10.8 Å². The van der Waals surface area contributed by atoms with Gasteiger partial charge in [0, 0.05) is 25.1 Å². The normalized spacial score (nSPS) is 24.1. The summed E-state index contributed by atoms with van der Waals surface area (Å²) in [6.07, 6.45) is 2.31. The number of thiazole rings is 1. The average Bonchev–Trinajstić information content (AvgIpc) is 2.87. The number of piperidine rings is 1. The van der Waals surface area contributed by atoms with Gasteiger partial charge in [0.1, 0.15) is 0 Å². The zero-order chi connectivity index (χ0) is 13.1. The number of carbonyl (C=O) groups excluding carboxylic acids is 1. The van der Waals surface area contributed by atoms with Crippen LogP contribution in [0.3, 0.4) is 0 Å². The fraction of sp³-hybridized carbons (Fsp3) is 0.667. The summed E-state index contributed by atoms with van der Waals surface area (Å²) in [6, 6.07) is 0.375. The Morgan fingerprint density at radius 1 is 1.56 bits per heavy atom. The van der Waals surface area contributed by atoms with Crippen molar-refractivity contribution in [3.05, 3.63) is 11.1 Å². The lowest BCUT2D eigenvalue weighted by atomic mass is 10.0. The number of anilines is 1. The minimum Gasteiger partial charge on any atom is -0.464 e. The van der Waals surface area contributed by atoms with Gasteiger partial charge in [-0.3, -0.25) is 0 Å². The maximum atomic E-state index is 11.4. The highest BCUT2D eigenvalue weighted by molar-refractivity contribution is 7.13. The summed E-state index contributed by atoms with van der Waals surface area (Å²) in [5.41, 5.74) is 0.388. The van der Waals surface area contributed by atoms with E-state index in [1.807, 2.05) is 0 Å². The third-order valence-corrected chi connectivity index (χ3v) is 4.17. The van der Waals surface area contributed by atoms with Gasteiger partial charge in [-0.1, -0.05) is 0 Å². The molecule has 0 radical (unpaired) electrons. The predicted molar refractivity (Wildman–Crippen MR) is 70.3 cm³/mol. The van der Waals surface area contributed by atoms with Gasteiger partial charge < -0.3 is 14.4 Å². The van der Waals surface area contributed by atoms with Crippen molar-refractivity contribution in [3.63, 3.8) is 0 Å². The predicted octanol–water partition coefficient (Wildman–Crippen LogP) is 1.93. The van der Waals surface area contributed by atoms with E-state index in [9.17, 15) is 4.79 Å². The van der Waals surface area contributed by atoms with Gasteiger partial charge in [-0.05, 0) is 19.8 Å². The molecule has 0 spiro atoms. The molecule has 0 bridgehead atoms. The Morgan fingerprint density at radius 2 is 2.33 bits per heavy atom. The summed E-state index contributed by atoms with van der Waals surface area (Å²) in [6.45, 7) is 3.07. The van der Waals surface area contributed by atoms with Crippen molar-refractivity contribution in [1.82, 2.24) is 4.98 Å². The minimum absolute atomic E-state index is 0.330. The van der Waals surface area contributed by atoms with E-state index in [4.69, 9.17) is 4.74 Å². The molecule has 0 amide bonds. The number of esters is 1. The number of aromatic nitrogens is 1. The lowest BCUT2D eigenvalue weighted by Crippen LogP contribution is -2.43. The standard InChI is InChI=1S/C12H18N2O3S/c1-8-6-9(16-2)4-5-14(8)12-13-10(7-18-12)11(15)17-3/h7-9H,4-6H2,1-3H3. The van der Waals surface area contributed by atoms with Crippen LogP contribution < -0.4 is 4.90 Å². The molecule has 0 saturated carbocycles. The van der Waals surface area contributed by atoms with E-state index in [1.165, 1.54) is 18.4 Å². The first kappa shape index (κ1) is 13.3. The van der Waals surface area contributed by atoms with Gasteiger partial charge in [-0.2, -0.15) is 0 Å². The molecule has 1 aliphatic heterocycles. The Kier molecular flexibility index (Phi) is 4.19. The van der Waals surface area contributed by atoms with Crippen molar-refractivity contribution in [3.8, 4) is 0 Å². The van der Waals surface area contributed by atoms with E-state index in [1.54, 1.807) is 12.5 Å². The summed E-state index contributed by atoms with van der Waals surface area (Å²) >= 11 is 1.49. The Morgan fingerprint density at radius 3 is 2.94 bits per heavy atom.